The van der Waals surface area contributed by atoms with Crippen molar-refractivity contribution >= 4 is 39.1 Å². The second-order valence-electron chi connectivity index (χ2n) is 7.67. The molecule has 160 valence electrons. The number of hydrogen-bond acceptors (Lipinski definition) is 5. The number of fused-ring (bicyclic) bond motifs is 1. The number of nitrogens with one attached hydrogen (secondary N) is 1. The molecule has 2 heterocycles. The lowest BCUT2D eigenvalue weighted by Gasteiger charge is -2.17. The number of hydrogen-bond donors (Lipinski definition) is 2. The first kappa shape index (κ1) is 22.5. The zero-order chi connectivity index (χ0) is 22.0. The normalized spacial score (nSPS) is 12.5. The highest BCUT2D eigenvalue weighted by molar-refractivity contribution is 7.19. The van der Waals surface area contributed by atoms with E-state index in [2.05, 4.69) is 5.32 Å². The molecule has 8 heteroatoms. The van der Waals surface area contributed by atoms with E-state index >= 15 is 0 Å². The van der Waals surface area contributed by atoms with Gasteiger partial charge >= 0.3 is 0 Å². The molecule has 0 radical (unpaired) electrons. The topological polar surface area (TPSA) is 74.6 Å². The maximum absolute atomic E-state index is 13.1. The molecule has 2 aromatic heterocycles. The maximum atomic E-state index is 13.1. The third-order valence-corrected chi connectivity index (χ3v) is 6.46. The third-order valence-electron chi connectivity index (χ3n) is 4.94. The highest BCUT2D eigenvalue weighted by atomic mass is 35.5. The SMILES string of the molecule is Cc1c(CN(C)CC(C)O)sc2c(=O)c(C(=O)NCc3ccc(Cl)cc3)cn(C)c12. The van der Waals surface area contributed by atoms with Crippen LogP contribution in [-0.2, 0) is 20.1 Å². The number of nitrogens with zero attached hydrogens (tertiary/aromatic N) is 2. The van der Waals surface area contributed by atoms with Gasteiger partial charge in [0.05, 0.1) is 16.3 Å². The monoisotopic (exact) mass is 447 g/mol. The van der Waals surface area contributed by atoms with E-state index in [-0.39, 0.29) is 11.0 Å². The molecule has 1 unspecified atom stereocenters. The smallest absolute Gasteiger partial charge is 0.257 e. The Bertz CT molecular complexity index is 1120. The van der Waals surface area contributed by atoms with E-state index in [9.17, 15) is 14.7 Å². The maximum Gasteiger partial charge on any atom is 0.257 e. The summed E-state index contributed by atoms with van der Waals surface area (Å²) in [6.45, 7) is 5.23. The van der Waals surface area contributed by atoms with E-state index in [1.165, 1.54) is 11.3 Å². The van der Waals surface area contributed by atoms with Crippen LogP contribution >= 0.6 is 22.9 Å². The second kappa shape index (κ2) is 9.31. The quantitative estimate of drug-likeness (QED) is 0.582. The predicted octanol–water partition coefficient (Wildman–Crippen LogP) is 3.30. The van der Waals surface area contributed by atoms with Crippen molar-refractivity contribution < 1.29 is 9.90 Å². The summed E-state index contributed by atoms with van der Waals surface area (Å²) < 4.78 is 2.42. The van der Waals surface area contributed by atoms with Gasteiger partial charge in [-0.15, -0.1) is 11.3 Å². The zero-order valence-electron chi connectivity index (χ0n) is 17.5. The van der Waals surface area contributed by atoms with Gasteiger partial charge in [0, 0.05) is 42.8 Å². The van der Waals surface area contributed by atoms with Crippen molar-refractivity contribution in [2.24, 2.45) is 7.05 Å². The molecular weight excluding hydrogens is 422 g/mol. The first-order valence-electron chi connectivity index (χ1n) is 9.68. The number of pyridine rings is 1. The number of aliphatic hydroxyl groups excluding tert-OH is 1. The first-order valence-corrected chi connectivity index (χ1v) is 10.9. The summed E-state index contributed by atoms with van der Waals surface area (Å²) in [5.74, 6) is -0.397. The molecule has 3 rings (SSSR count). The molecule has 6 nitrogen and oxygen atoms in total. The molecule has 0 saturated heterocycles. The minimum Gasteiger partial charge on any atom is -0.392 e. The molecule has 0 saturated carbocycles. The number of likely N-dealkylation sites (N-methyl/N-ethyl adjacent to an activating group) is 1. The number of carbonyl (C=O) groups excluding carboxylic acids is 1. The van der Waals surface area contributed by atoms with Crippen LogP contribution in [0.5, 0.6) is 0 Å². The fraction of sp³-hybridized carbons (Fsp3) is 0.364. The summed E-state index contributed by atoms with van der Waals surface area (Å²) in [5.41, 5.74) is 2.65. The molecule has 0 spiro atoms. The van der Waals surface area contributed by atoms with Gasteiger partial charge in [0.25, 0.3) is 5.91 Å². The van der Waals surface area contributed by atoms with Crippen molar-refractivity contribution in [2.75, 3.05) is 13.6 Å². The van der Waals surface area contributed by atoms with Crippen molar-refractivity contribution in [3.63, 3.8) is 0 Å². The van der Waals surface area contributed by atoms with Gasteiger partial charge in [0.15, 0.2) is 0 Å². The minimum absolute atomic E-state index is 0.129. The fourth-order valence-corrected chi connectivity index (χ4v) is 5.02. The van der Waals surface area contributed by atoms with Gasteiger partial charge in [-0.05, 0) is 44.2 Å². The van der Waals surface area contributed by atoms with Crippen molar-refractivity contribution in [2.45, 2.75) is 33.0 Å². The Labute approximate surface area is 184 Å². The molecule has 1 aromatic carbocycles. The lowest BCUT2D eigenvalue weighted by Crippen LogP contribution is -2.29. The van der Waals surface area contributed by atoms with Crippen molar-refractivity contribution in [1.82, 2.24) is 14.8 Å². The number of halogens is 1. The summed E-state index contributed by atoms with van der Waals surface area (Å²) in [4.78, 5) is 28.9. The van der Waals surface area contributed by atoms with E-state index < -0.39 is 12.0 Å². The van der Waals surface area contributed by atoms with Crippen LogP contribution in [0.25, 0.3) is 10.2 Å². The highest BCUT2D eigenvalue weighted by Crippen LogP contribution is 2.29. The minimum atomic E-state index is -0.424. The number of amides is 1. The van der Waals surface area contributed by atoms with Crippen LogP contribution in [0.1, 0.15) is 33.3 Å². The molecule has 0 aliphatic carbocycles. The van der Waals surface area contributed by atoms with E-state index in [1.54, 1.807) is 25.3 Å². The number of benzene rings is 1. The van der Waals surface area contributed by atoms with Crippen molar-refractivity contribution in [3.05, 3.63) is 67.3 Å². The molecule has 0 aliphatic heterocycles. The largest absolute Gasteiger partial charge is 0.392 e. The zero-order valence-corrected chi connectivity index (χ0v) is 19.1. The molecule has 2 N–H and O–H groups in total. The van der Waals surface area contributed by atoms with Gasteiger partial charge in [-0.2, -0.15) is 0 Å². The van der Waals surface area contributed by atoms with Gasteiger partial charge in [-0.3, -0.25) is 14.5 Å². The predicted molar refractivity (Wildman–Crippen MR) is 122 cm³/mol. The highest BCUT2D eigenvalue weighted by Gasteiger charge is 2.20. The first-order chi connectivity index (χ1) is 14.2. The van der Waals surface area contributed by atoms with E-state index in [0.717, 1.165) is 21.5 Å². The summed E-state index contributed by atoms with van der Waals surface area (Å²) >= 11 is 7.31. The van der Waals surface area contributed by atoms with Gasteiger partial charge in [-0.1, -0.05) is 23.7 Å². The average Bonchev–Trinajstić information content (AvgIpc) is 3.00. The summed E-state index contributed by atoms with van der Waals surface area (Å²) in [7, 11) is 3.78. The molecule has 0 bridgehead atoms. The molecular formula is C22H26ClN3O3S. The summed E-state index contributed by atoms with van der Waals surface area (Å²) in [6, 6.07) is 7.20. The third kappa shape index (κ3) is 4.92. The van der Waals surface area contributed by atoms with Crippen LogP contribution < -0.4 is 10.7 Å². The van der Waals surface area contributed by atoms with E-state index in [1.807, 2.05) is 42.6 Å². The van der Waals surface area contributed by atoms with Gasteiger partial charge < -0.3 is 15.0 Å². The fourth-order valence-electron chi connectivity index (χ4n) is 3.52. The Morgan fingerprint density at radius 2 is 2.00 bits per heavy atom. The molecule has 0 aliphatic rings. The van der Waals surface area contributed by atoms with Crippen LogP contribution in [0.4, 0.5) is 0 Å². The lowest BCUT2D eigenvalue weighted by molar-refractivity contribution is 0.0949. The lowest BCUT2D eigenvalue weighted by atomic mass is 10.1. The summed E-state index contributed by atoms with van der Waals surface area (Å²) in [6.07, 6.45) is 1.18. The van der Waals surface area contributed by atoms with Crippen LogP contribution in [0.15, 0.2) is 35.3 Å². The van der Waals surface area contributed by atoms with Crippen LogP contribution in [0.3, 0.4) is 0 Å². The van der Waals surface area contributed by atoms with Crippen LogP contribution in [0, 0.1) is 6.92 Å². The van der Waals surface area contributed by atoms with E-state index in [0.29, 0.717) is 29.4 Å². The standard InChI is InChI=1S/C22H26ClN3O3S/c1-13(27)10-25(3)12-18-14(2)19-21(30-18)20(28)17(11-26(19)4)22(29)24-9-15-5-7-16(23)8-6-15/h5-8,11,13,27H,9-10,12H2,1-4H3,(H,24,29). The van der Waals surface area contributed by atoms with Crippen molar-refractivity contribution in [3.8, 4) is 0 Å². The second-order valence-corrected chi connectivity index (χ2v) is 9.21. The number of aryl methyl sites for hydroxylation is 2. The molecule has 1 atom stereocenters. The number of rotatable bonds is 7. The average molecular weight is 448 g/mol. The Morgan fingerprint density at radius 3 is 2.63 bits per heavy atom. The number of thiophene rings is 1. The molecule has 1 amide bonds. The molecule has 3 aromatic rings. The van der Waals surface area contributed by atoms with Gasteiger partial charge in [0.2, 0.25) is 5.43 Å². The number of carbonyl (C=O) groups is 1. The van der Waals surface area contributed by atoms with Crippen LogP contribution in [0.2, 0.25) is 5.02 Å². The Hall–Kier alpha value is -2.19. The molecule has 0 fully saturated rings. The van der Waals surface area contributed by atoms with Crippen LogP contribution in [-0.4, -0.2) is 40.2 Å². The van der Waals surface area contributed by atoms with Crippen molar-refractivity contribution in [1.29, 1.82) is 0 Å². The Morgan fingerprint density at radius 1 is 1.33 bits per heavy atom. The number of aromatic nitrogens is 1. The number of aliphatic hydroxyl groups is 1. The van der Waals surface area contributed by atoms with Gasteiger partial charge in [-0.25, -0.2) is 0 Å². The van der Waals surface area contributed by atoms with Gasteiger partial charge in [0.1, 0.15) is 5.56 Å². The molecule has 30 heavy (non-hydrogen) atoms. The Kier molecular flexibility index (Phi) is 6.98. The Balaban J connectivity index is 1.87. The van der Waals surface area contributed by atoms with E-state index in [4.69, 9.17) is 11.6 Å². The summed E-state index contributed by atoms with van der Waals surface area (Å²) in [5, 5.41) is 13.0.